The Balaban J connectivity index is 2.43. The van der Waals surface area contributed by atoms with Gasteiger partial charge in [-0.05, 0) is 18.6 Å². The highest BCUT2D eigenvalue weighted by atomic mass is 16.5. The van der Waals surface area contributed by atoms with Crippen molar-refractivity contribution < 1.29 is 14.6 Å². The van der Waals surface area contributed by atoms with E-state index in [0.717, 1.165) is 37.1 Å². The lowest BCUT2D eigenvalue weighted by atomic mass is 10.1. The molecule has 0 spiro atoms. The van der Waals surface area contributed by atoms with Crippen molar-refractivity contribution in [2.24, 2.45) is 0 Å². The summed E-state index contributed by atoms with van der Waals surface area (Å²) in [5, 5.41) is 17.8. The van der Waals surface area contributed by atoms with Crippen molar-refractivity contribution in [1.29, 1.82) is 0 Å². The third kappa shape index (κ3) is 3.57. The van der Waals surface area contributed by atoms with Crippen LogP contribution in [0.2, 0.25) is 0 Å². The first-order valence-electron chi connectivity index (χ1n) is 7.50. The zero-order chi connectivity index (χ0) is 15.9. The SMILES string of the molecule is CCCCCn1nnc(CO)c1-c1cc(OC)cc(OC)c1. The fourth-order valence-corrected chi connectivity index (χ4v) is 2.38. The Labute approximate surface area is 130 Å². The summed E-state index contributed by atoms with van der Waals surface area (Å²) in [6.07, 6.45) is 3.30. The van der Waals surface area contributed by atoms with Crippen LogP contribution in [0.5, 0.6) is 11.5 Å². The molecule has 120 valence electrons. The fourth-order valence-electron chi connectivity index (χ4n) is 2.38. The predicted molar refractivity (Wildman–Crippen MR) is 84.0 cm³/mol. The molecule has 2 rings (SSSR count). The van der Waals surface area contributed by atoms with Crippen molar-refractivity contribution in [3.63, 3.8) is 0 Å². The number of rotatable bonds is 8. The van der Waals surface area contributed by atoms with Gasteiger partial charge in [0.05, 0.1) is 26.5 Å². The molecule has 0 aliphatic rings. The zero-order valence-electron chi connectivity index (χ0n) is 13.4. The Hall–Kier alpha value is -2.08. The summed E-state index contributed by atoms with van der Waals surface area (Å²) in [5.74, 6) is 1.39. The molecule has 0 atom stereocenters. The molecule has 0 amide bonds. The topological polar surface area (TPSA) is 69.4 Å². The molecule has 0 aliphatic carbocycles. The van der Waals surface area contributed by atoms with Crippen LogP contribution in [0.15, 0.2) is 18.2 Å². The predicted octanol–water partition coefficient (Wildman–Crippen LogP) is 2.64. The molecule has 0 radical (unpaired) electrons. The van der Waals surface area contributed by atoms with Gasteiger partial charge < -0.3 is 14.6 Å². The van der Waals surface area contributed by atoms with Gasteiger partial charge in [-0.2, -0.15) is 0 Å². The summed E-state index contributed by atoms with van der Waals surface area (Å²) in [6, 6.07) is 5.61. The Kier molecular flexibility index (Phi) is 5.77. The van der Waals surface area contributed by atoms with Crippen molar-refractivity contribution in [1.82, 2.24) is 15.0 Å². The molecule has 2 aromatic rings. The zero-order valence-corrected chi connectivity index (χ0v) is 13.4. The Morgan fingerprint density at radius 3 is 2.32 bits per heavy atom. The molecule has 6 heteroatoms. The van der Waals surface area contributed by atoms with Crippen molar-refractivity contribution >= 4 is 0 Å². The van der Waals surface area contributed by atoms with Crippen LogP contribution in [-0.4, -0.2) is 34.3 Å². The van der Waals surface area contributed by atoms with Crippen molar-refractivity contribution in [2.45, 2.75) is 39.3 Å². The summed E-state index contributed by atoms with van der Waals surface area (Å²) in [4.78, 5) is 0. The molecular formula is C16H23N3O3. The molecule has 1 heterocycles. The molecule has 0 aliphatic heterocycles. The maximum absolute atomic E-state index is 9.54. The number of aliphatic hydroxyl groups excluding tert-OH is 1. The quantitative estimate of drug-likeness (QED) is 0.759. The van der Waals surface area contributed by atoms with Crippen molar-refractivity contribution in [3.8, 4) is 22.8 Å². The van der Waals surface area contributed by atoms with Gasteiger partial charge in [0.15, 0.2) is 0 Å². The first-order chi connectivity index (χ1) is 10.7. The van der Waals surface area contributed by atoms with E-state index in [1.165, 1.54) is 0 Å². The van der Waals surface area contributed by atoms with E-state index >= 15 is 0 Å². The standard InChI is InChI=1S/C16H23N3O3/c1-4-5-6-7-19-16(15(11-20)17-18-19)12-8-13(21-2)10-14(9-12)22-3/h8-10,20H,4-7,11H2,1-3H3. The van der Waals surface area contributed by atoms with E-state index in [1.54, 1.807) is 14.2 Å². The number of unbranched alkanes of at least 4 members (excludes halogenated alkanes) is 2. The smallest absolute Gasteiger partial charge is 0.123 e. The maximum atomic E-state index is 9.54. The van der Waals surface area contributed by atoms with Crippen LogP contribution in [0.4, 0.5) is 0 Å². The lowest BCUT2D eigenvalue weighted by molar-refractivity contribution is 0.277. The number of nitrogens with zero attached hydrogens (tertiary/aromatic N) is 3. The van der Waals surface area contributed by atoms with Crippen LogP contribution in [0, 0.1) is 0 Å². The molecule has 6 nitrogen and oxygen atoms in total. The van der Waals surface area contributed by atoms with Gasteiger partial charge >= 0.3 is 0 Å². The van der Waals surface area contributed by atoms with Crippen molar-refractivity contribution in [2.75, 3.05) is 14.2 Å². The number of aryl methyl sites for hydroxylation is 1. The van der Waals surface area contributed by atoms with E-state index in [1.807, 2.05) is 22.9 Å². The van der Waals surface area contributed by atoms with E-state index < -0.39 is 0 Å². The third-order valence-electron chi connectivity index (χ3n) is 3.55. The molecule has 0 saturated heterocycles. The highest BCUT2D eigenvalue weighted by molar-refractivity contribution is 5.66. The normalized spacial score (nSPS) is 10.7. The summed E-state index contributed by atoms with van der Waals surface area (Å²) in [7, 11) is 3.23. The molecule has 1 aromatic carbocycles. The minimum absolute atomic E-state index is 0.150. The average Bonchev–Trinajstić information content (AvgIpc) is 2.97. The lowest BCUT2D eigenvalue weighted by Crippen LogP contribution is -2.04. The number of benzene rings is 1. The summed E-state index contributed by atoms with van der Waals surface area (Å²) in [6.45, 7) is 2.78. The minimum Gasteiger partial charge on any atom is -0.497 e. The van der Waals surface area contributed by atoms with E-state index in [9.17, 15) is 5.11 Å². The molecular weight excluding hydrogens is 282 g/mol. The van der Waals surface area contributed by atoms with Gasteiger partial charge in [-0.3, -0.25) is 0 Å². The molecule has 0 unspecified atom stereocenters. The number of aliphatic hydroxyl groups is 1. The van der Waals surface area contributed by atoms with E-state index in [0.29, 0.717) is 17.2 Å². The van der Waals surface area contributed by atoms with E-state index in [2.05, 4.69) is 17.2 Å². The van der Waals surface area contributed by atoms with Gasteiger partial charge in [0.2, 0.25) is 0 Å². The number of ether oxygens (including phenoxy) is 2. The highest BCUT2D eigenvalue weighted by Crippen LogP contribution is 2.31. The van der Waals surface area contributed by atoms with Gasteiger partial charge in [0.25, 0.3) is 0 Å². The van der Waals surface area contributed by atoms with Crippen molar-refractivity contribution in [3.05, 3.63) is 23.9 Å². The number of hydrogen-bond acceptors (Lipinski definition) is 5. The van der Waals surface area contributed by atoms with Crippen LogP contribution in [0.3, 0.4) is 0 Å². The Bertz CT molecular complexity index is 588. The summed E-state index contributed by atoms with van der Waals surface area (Å²) in [5.41, 5.74) is 2.25. The molecule has 1 aromatic heterocycles. The Morgan fingerprint density at radius 2 is 1.77 bits per heavy atom. The number of methoxy groups -OCH3 is 2. The number of aromatic nitrogens is 3. The minimum atomic E-state index is -0.150. The van der Waals surface area contributed by atoms with Gasteiger partial charge in [-0.1, -0.05) is 25.0 Å². The van der Waals surface area contributed by atoms with E-state index in [-0.39, 0.29) is 6.61 Å². The monoisotopic (exact) mass is 305 g/mol. The molecule has 0 fully saturated rings. The second-order valence-electron chi connectivity index (χ2n) is 5.07. The van der Waals surface area contributed by atoms with Gasteiger partial charge in [-0.25, -0.2) is 4.68 Å². The molecule has 1 N–H and O–H groups in total. The lowest BCUT2D eigenvalue weighted by Gasteiger charge is -2.11. The summed E-state index contributed by atoms with van der Waals surface area (Å²) >= 11 is 0. The van der Waals surface area contributed by atoms with E-state index in [4.69, 9.17) is 9.47 Å². The van der Waals surface area contributed by atoms with Crippen LogP contribution >= 0.6 is 0 Å². The van der Waals surface area contributed by atoms with Crippen LogP contribution in [-0.2, 0) is 13.2 Å². The van der Waals surface area contributed by atoms with Gasteiger partial charge in [0, 0.05) is 18.2 Å². The van der Waals surface area contributed by atoms with Crippen LogP contribution in [0.1, 0.15) is 31.9 Å². The van der Waals surface area contributed by atoms with Gasteiger partial charge in [-0.15, -0.1) is 5.10 Å². The number of hydrogen-bond donors (Lipinski definition) is 1. The Morgan fingerprint density at radius 1 is 1.09 bits per heavy atom. The molecule has 22 heavy (non-hydrogen) atoms. The average molecular weight is 305 g/mol. The first-order valence-corrected chi connectivity index (χ1v) is 7.50. The maximum Gasteiger partial charge on any atom is 0.123 e. The second kappa shape index (κ2) is 7.79. The molecule has 0 bridgehead atoms. The second-order valence-corrected chi connectivity index (χ2v) is 5.07. The fraction of sp³-hybridized carbons (Fsp3) is 0.500. The third-order valence-corrected chi connectivity index (χ3v) is 3.55. The van der Waals surface area contributed by atoms with Gasteiger partial charge in [0.1, 0.15) is 17.2 Å². The molecule has 0 saturated carbocycles. The summed E-state index contributed by atoms with van der Waals surface area (Å²) < 4.78 is 12.5. The van der Waals surface area contributed by atoms with Crippen LogP contribution in [0.25, 0.3) is 11.3 Å². The first kappa shape index (κ1) is 16.3. The highest BCUT2D eigenvalue weighted by Gasteiger charge is 2.16. The largest absolute Gasteiger partial charge is 0.497 e. The van der Waals surface area contributed by atoms with Crippen LogP contribution < -0.4 is 9.47 Å².